The molecule has 0 spiro atoms. The van der Waals surface area contributed by atoms with E-state index in [1.807, 2.05) is 30.3 Å². The van der Waals surface area contributed by atoms with Gasteiger partial charge in [-0.1, -0.05) is 48.5 Å². The largest absolute Gasteiger partial charge is 0.386 e. The van der Waals surface area contributed by atoms with Crippen LogP contribution in [0.2, 0.25) is 0 Å². The molecule has 7 nitrogen and oxygen atoms in total. The minimum absolute atomic E-state index is 0.112. The molecular formula is C20H22O7S. The molecule has 0 aromatic heterocycles. The van der Waals surface area contributed by atoms with Crippen molar-refractivity contribution in [2.75, 3.05) is 13.7 Å². The maximum atomic E-state index is 13.4. The van der Waals surface area contributed by atoms with Gasteiger partial charge in [0.25, 0.3) is 0 Å². The van der Waals surface area contributed by atoms with Gasteiger partial charge in [-0.05, 0) is 12.1 Å². The minimum Gasteiger partial charge on any atom is -0.386 e. The lowest BCUT2D eigenvalue weighted by atomic mass is 10.0. The van der Waals surface area contributed by atoms with Crippen LogP contribution < -0.4 is 0 Å². The van der Waals surface area contributed by atoms with Crippen molar-refractivity contribution in [3.8, 4) is 0 Å². The van der Waals surface area contributed by atoms with E-state index in [4.69, 9.17) is 18.9 Å². The molecular weight excluding hydrogens is 384 g/mol. The first kappa shape index (κ1) is 19.5. The van der Waals surface area contributed by atoms with Gasteiger partial charge in [0, 0.05) is 12.7 Å². The fourth-order valence-electron chi connectivity index (χ4n) is 3.66. The second-order valence-electron chi connectivity index (χ2n) is 6.77. The van der Waals surface area contributed by atoms with Gasteiger partial charge >= 0.3 is 0 Å². The van der Waals surface area contributed by atoms with Gasteiger partial charge in [0.05, 0.1) is 11.5 Å². The van der Waals surface area contributed by atoms with Crippen LogP contribution in [0, 0.1) is 0 Å². The van der Waals surface area contributed by atoms with Crippen LogP contribution in [0.15, 0.2) is 65.6 Å². The van der Waals surface area contributed by atoms with Gasteiger partial charge < -0.3 is 24.1 Å². The van der Waals surface area contributed by atoms with Crippen molar-refractivity contribution < 1.29 is 32.5 Å². The number of hydrogen-bond donors (Lipinski definition) is 1. The summed E-state index contributed by atoms with van der Waals surface area (Å²) in [6.45, 7) is 0.123. The normalized spacial score (nSPS) is 33.2. The van der Waals surface area contributed by atoms with E-state index in [-0.39, 0.29) is 11.5 Å². The lowest BCUT2D eigenvalue weighted by Crippen LogP contribution is -2.64. The first-order valence-electron chi connectivity index (χ1n) is 8.99. The summed E-state index contributed by atoms with van der Waals surface area (Å²) in [6.07, 6.45) is -4.84. The highest BCUT2D eigenvalue weighted by Gasteiger charge is 2.55. The summed E-state index contributed by atoms with van der Waals surface area (Å²) in [7, 11) is -2.56. The molecule has 2 heterocycles. The second kappa shape index (κ2) is 7.90. The third-order valence-electron chi connectivity index (χ3n) is 5.04. The molecule has 0 aliphatic carbocycles. The zero-order chi connectivity index (χ0) is 19.7. The molecule has 6 atom stereocenters. The summed E-state index contributed by atoms with van der Waals surface area (Å²) >= 11 is 0. The summed E-state index contributed by atoms with van der Waals surface area (Å²) in [5.74, 6) is 0. The summed E-state index contributed by atoms with van der Waals surface area (Å²) in [5.41, 5.74) is 0.764. The molecule has 2 aliphatic heterocycles. The Kier molecular flexibility index (Phi) is 5.50. The fourth-order valence-corrected chi connectivity index (χ4v) is 5.60. The predicted octanol–water partition coefficient (Wildman–Crippen LogP) is 1.68. The summed E-state index contributed by atoms with van der Waals surface area (Å²) in [4.78, 5) is 0.112. The molecule has 28 heavy (non-hydrogen) atoms. The van der Waals surface area contributed by atoms with Crippen molar-refractivity contribution in [1.82, 2.24) is 0 Å². The molecule has 2 aromatic carbocycles. The average Bonchev–Trinajstić information content (AvgIpc) is 2.74. The second-order valence-corrected chi connectivity index (χ2v) is 8.87. The first-order valence-corrected chi connectivity index (χ1v) is 10.5. The van der Waals surface area contributed by atoms with E-state index >= 15 is 0 Å². The highest BCUT2D eigenvalue weighted by Crippen LogP contribution is 2.38. The lowest BCUT2D eigenvalue weighted by Gasteiger charge is -2.47. The third kappa shape index (κ3) is 3.47. The molecule has 1 N–H and O–H groups in total. The van der Waals surface area contributed by atoms with Gasteiger partial charge in [0.1, 0.15) is 23.6 Å². The van der Waals surface area contributed by atoms with E-state index < -0.39 is 46.0 Å². The molecule has 0 amide bonds. The molecule has 4 rings (SSSR count). The number of aliphatic hydroxyl groups is 1. The molecule has 0 unspecified atom stereocenters. The third-order valence-corrected chi connectivity index (χ3v) is 7.23. The van der Waals surface area contributed by atoms with Crippen molar-refractivity contribution in [2.45, 2.75) is 41.0 Å². The number of hydrogen-bond acceptors (Lipinski definition) is 7. The fraction of sp³-hybridized carbons (Fsp3) is 0.400. The van der Waals surface area contributed by atoms with Crippen LogP contribution in [0.5, 0.6) is 0 Å². The molecule has 0 saturated carbocycles. The molecule has 8 heteroatoms. The number of rotatable bonds is 4. The zero-order valence-electron chi connectivity index (χ0n) is 15.2. The van der Waals surface area contributed by atoms with Crippen LogP contribution in [0.4, 0.5) is 0 Å². The highest BCUT2D eigenvalue weighted by molar-refractivity contribution is 7.92. The van der Waals surface area contributed by atoms with Crippen LogP contribution in [0.3, 0.4) is 0 Å². The number of benzene rings is 2. The van der Waals surface area contributed by atoms with E-state index in [1.165, 1.54) is 19.2 Å². The lowest BCUT2D eigenvalue weighted by molar-refractivity contribution is -0.331. The van der Waals surface area contributed by atoms with E-state index in [2.05, 4.69) is 0 Å². The van der Waals surface area contributed by atoms with Crippen LogP contribution in [-0.4, -0.2) is 57.1 Å². The van der Waals surface area contributed by atoms with Crippen LogP contribution >= 0.6 is 0 Å². The highest BCUT2D eigenvalue weighted by atomic mass is 32.2. The molecule has 0 bridgehead atoms. The maximum Gasteiger partial charge on any atom is 0.186 e. The predicted molar refractivity (Wildman–Crippen MR) is 99.1 cm³/mol. The summed E-state index contributed by atoms with van der Waals surface area (Å²) in [6, 6.07) is 17.3. The summed E-state index contributed by atoms with van der Waals surface area (Å²) < 4.78 is 49.4. The topological polar surface area (TPSA) is 91.3 Å². The monoisotopic (exact) mass is 406 g/mol. The molecule has 150 valence electrons. The van der Waals surface area contributed by atoms with Crippen molar-refractivity contribution in [2.24, 2.45) is 0 Å². The molecule has 0 radical (unpaired) electrons. The number of fused-ring (bicyclic) bond motifs is 1. The van der Waals surface area contributed by atoms with Crippen molar-refractivity contribution in [3.63, 3.8) is 0 Å². The van der Waals surface area contributed by atoms with Crippen LogP contribution in [-0.2, 0) is 28.8 Å². The average molecular weight is 406 g/mol. The SMILES string of the molecule is CO[C@H]1O[C@@H]2CO[C@@H](c3ccccc3)O[C@H]2[C@@H](S(=O)(=O)c2ccccc2)[C@@H]1O. The summed E-state index contributed by atoms with van der Waals surface area (Å²) in [5, 5.41) is 9.52. The minimum atomic E-state index is -3.92. The molecule has 2 fully saturated rings. The smallest absolute Gasteiger partial charge is 0.186 e. The van der Waals surface area contributed by atoms with Gasteiger partial charge in [-0.2, -0.15) is 0 Å². The van der Waals surface area contributed by atoms with Crippen LogP contribution in [0.1, 0.15) is 11.9 Å². The van der Waals surface area contributed by atoms with Crippen molar-refractivity contribution >= 4 is 9.84 Å². The van der Waals surface area contributed by atoms with Gasteiger partial charge in [0.2, 0.25) is 0 Å². The first-order chi connectivity index (χ1) is 13.5. The Morgan fingerprint density at radius 3 is 2.29 bits per heavy atom. The van der Waals surface area contributed by atoms with Gasteiger partial charge in [-0.25, -0.2) is 8.42 Å². The number of aliphatic hydroxyl groups excluding tert-OH is 1. The van der Waals surface area contributed by atoms with Gasteiger partial charge in [0.15, 0.2) is 22.4 Å². The number of sulfone groups is 1. The van der Waals surface area contributed by atoms with E-state index in [0.29, 0.717) is 0 Å². The Bertz CT molecular complexity index is 887. The molecule has 2 aliphatic rings. The Morgan fingerprint density at radius 1 is 1.00 bits per heavy atom. The Balaban J connectivity index is 1.71. The van der Waals surface area contributed by atoms with E-state index in [9.17, 15) is 13.5 Å². The van der Waals surface area contributed by atoms with E-state index in [1.54, 1.807) is 18.2 Å². The zero-order valence-corrected chi connectivity index (χ0v) is 16.1. The van der Waals surface area contributed by atoms with Gasteiger partial charge in [-0.3, -0.25) is 0 Å². The Morgan fingerprint density at radius 2 is 1.64 bits per heavy atom. The van der Waals surface area contributed by atoms with E-state index in [0.717, 1.165) is 5.56 Å². The maximum absolute atomic E-state index is 13.4. The Labute approximate surface area is 163 Å². The van der Waals surface area contributed by atoms with Gasteiger partial charge in [-0.15, -0.1) is 0 Å². The van der Waals surface area contributed by atoms with Crippen molar-refractivity contribution in [3.05, 3.63) is 66.2 Å². The standard InChI is InChI=1S/C20H22O7S/c1-24-20-16(21)18(28(22,23)14-10-6-3-7-11-14)17-15(26-20)12-25-19(27-17)13-8-4-2-5-9-13/h2-11,15-21H,12H2,1H3/t15-,16+,17-,18+,19-,20+/m1/s1. The number of ether oxygens (including phenoxy) is 4. The van der Waals surface area contributed by atoms with Crippen LogP contribution in [0.25, 0.3) is 0 Å². The van der Waals surface area contributed by atoms with Crippen molar-refractivity contribution in [1.29, 1.82) is 0 Å². The number of methoxy groups -OCH3 is 1. The Hall–Kier alpha value is -1.81. The molecule has 2 aromatic rings. The molecule has 2 saturated heterocycles. The quantitative estimate of drug-likeness (QED) is 0.826.